The third-order valence-corrected chi connectivity index (χ3v) is 3.02. The number of rotatable bonds is 2. The zero-order valence-corrected chi connectivity index (χ0v) is 10.8. The predicted octanol–water partition coefficient (Wildman–Crippen LogP) is 2.31. The van der Waals surface area contributed by atoms with Crippen molar-refractivity contribution in [3.05, 3.63) is 34.3 Å². The number of hydrogen-bond acceptors (Lipinski definition) is 3. The molecule has 0 radical (unpaired) electrons. The number of nitrogen functional groups attached to an aromatic ring is 2. The molecule has 2 aromatic rings. The first kappa shape index (κ1) is 11.9. The number of halogens is 2. The van der Waals surface area contributed by atoms with Crippen molar-refractivity contribution in [1.82, 2.24) is 9.66 Å². The smallest absolute Gasteiger partial charge is 0.150 e. The van der Waals surface area contributed by atoms with Crippen LogP contribution < -0.4 is 11.6 Å². The Morgan fingerprint density at radius 3 is 2.71 bits per heavy atom. The van der Waals surface area contributed by atoms with E-state index < -0.39 is 0 Å². The molecule has 0 saturated heterocycles. The van der Waals surface area contributed by atoms with Crippen LogP contribution in [-0.4, -0.2) is 9.66 Å². The average molecular weight is 299 g/mol. The molecule has 4 N–H and O–H groups in total. The lowest BCUT2D eigenvalue weighted by molar-refractivity contribution is 0.630. The molecule has 1 heterocycles. The van der Waals surface area contributed by atoms with Gasteiger partial charge in [-0.15, -0.1) is 0 Å². The van der Waals surface area contributed by atoms with Crippen LogP contribution >= 0.6 is 15.9 Å². The summed E-state index contributed by atoms with van der Waals surface area (Å²) in [5.41, 5.74) is 6.55. The van der Waals surface area contributed by atoms with E-state index in [2.05, 4.69) is 20.9 Å². The van der Waals surface area contributed by atoms with Crippen LogP contribution in [0, 0.1) is 5.82 Å². The summed E-state index contributed by atoms with van der Waals surface area (Å²) in [4.78, 5) is 4.25. The number of nitrogens with two attached hydrogens (primary N) is 2. The molecule has 90 valence electrons. The fourth-order valence-corrected chi connectivity index (χ4v) is 1.96. The third-order valence-electron chi connectivity index (χ3n) is 2.52. The summed E-state index contributed by atoms with van der Waals surface area (Å²) < 4.78 is 15.7. The van der Waals surface area contributed by atoms with Crippen molar-refractivity contribution in [2.75, 3.05) is 11.6 Å². The number of benzene rings is 1. The normalized spacial score (nSPS) is 10.8. The van der Waals surface area contributed by atoms with Crippen molar-refractivity contribution in [2.24, 2.45) is 0 Å². The SMILES string of the molecule is CCc1nc(-c2ccc(Br)cc2F)c(N)n1N. The molecule has 2 rings (SSSR count). The second-order valence-electron chi connectivity index (χ2n) is 3.61. The minimum atomic E-state index is -0.383. The maximum Gasteiger partial charge on any atom is 0.150 e. The number of anilines is 1. The number of hydrogen-bond donors (Lipinski definition) is 2. The lowest BCUT2D eigenvalue weighted by atomic mass is 10.1. The molecular formula is C11H12BrFN4. The van der Waals surface area contributed by atoms with Gasteiger partial charge in [0.2, 0.25) is 0 Å². The maximum absolute atomic E-state index is 13.8. The zero-order chi connectivity index (χ0) is 12.6. The standard InChI is InChI=1S/C11H12BrFN4/c1-2-9-16-10(11(14)17(9)15)7-4-3-6(12)5-8(7)13/h3-5H,2,14-15H2,1H3. The Hall–Kier alpha value is -1.56. The molecule has 0 bridgehead atoms. The zero-order valence-electron chi connectivity index (χ0n) is 9.24. The molecule has 17 heavy (non-hydrogen) atoms. The van der Waals surface area contributed by atoms with Gasteiger partial charge in [-0.2, -0.15) is 0 Å². The molecule has 0 aliphatic heterocycles. The van der Waals surface area contributed by atoms with E-state index in [9.17, 15) is 4.39 Å². The molecule has 0 aliphatic rings. The van der Waals surface area contributed by atoms with Gasteiger partial charge in [-0.05, 0) is 18.2 Å². The van der Waals surface area contributed by atoms with Crippen LogP contribution in [0.25, 0.3) is 11.3 Å². The minimum Gasteiger partial charge on any atom is -0.382 e. The minimum absolute atomic E-state index is 0.267. The summed E-state index contributed by atoms with van der Waals surface area (Å²) in [5, 5.41) is 0. The fourth-order valence-electron chi connectivity index (χ4n) is 1.62. The van der Waals surface area contributed by atoms with Crippen molar-refractivity contribution in [2.45, 2.75) is 13.3 Å². The highest BCUT2D eigenvalue weighted by molar-refractivity contribution is 9.10. The highest BCUT2D eigenvalue weighted by Crippen LogP contribution is 2.29. The molecule has 1 aromatic carbocycles. The van der Waals surface area contributed by atoms with E-state index in [1.807, 2.05) is 6.92 Å². The van der Waals surface area contributed by atoms with E-state index in [1.54, 1.807) is 12.1 Å². The van der Waals surface area contributed by atoms with Gasteiger partial charge in [0.15, 0.2) is 5.82 Å². The summed E-state index contributed by atoms with van der Waals surface area (Å²) in [6.45, 7) is 1.91. The highest BCUT2D eigenvalue weighted by atomic mass is 79.9. The summed E-state index contributed by atoms with van der Waals surface area (Å²) in [7, 11) is 0. The van der Waals surface area contributed by atoms with Crippen molar-refractivity contribution >= 4 is 21.7 Å². The van der Waals surface area contributed by atoms with Gasteiger partial charge in [-0.3, -0.25) is 0 Å². The average Bonchev–Trinajstić information content (AvgIpc) is 2.57. The topological polar surface area (TPSA) is 69.9 Å². The Balaban J connectivity index is 2.60. The van der Waals surface area contributed by atoms with Gasteiger partial charge in [0.25, 0.3) is 0 Å². The van der Waals surface area contributed by atoms with Crippen LogP contribution in [0.2, 0.25) is 0 Å². The van der Waals surface area contributed by atoms with E-state index in [1.165, 1.54) is 10.7 Å². The van der Waals surface area contributed by atoms with Gasteiger partial charge < -0.3 is 11.6 Å². The molecule has 1 aromatic heterocycles. The Morgan fingerprint density at radius 1 is 1.47 bits per heavy atom. The number of aryl methyl sites for hydroxylation is 1. The van der Waals surface area contributed by atoms with Crippen molar-refractivity contribution in [3.8, 4) is 11.3 Å². The van der Waals surface area contributed by atoms with Gasteiger partial charge >= 0.3 is 0 Å². The predicted molar refractivity (Wildman–Crippen MR) is 69.3 cm³/mol. The van der Waals surface area contributed by atoms with Gasteiger partial charge in [0.05, 0.1) is 0 Å². The molecule has 0 aliphatic carbocycles. The first-order chi connectivity index (χ1) is 8.04. The number of imidazole rings is 1. The Kier molecular flexibility index (Phi) is 3.06. The molecule has 6 heteroatoms. The molecule has 0 atom stereocenters. The molecule has 0 saturated carbocycles. The van der Waals surface area contributed by atoms with E-state index >= 15 is 0 Å². The van der Waals surface area contributed by atoms with Gasteiger partial charge in [-0.25, -0.2) is 14.1 Å². The van der Waals surface area contributed by atoms with Crippen molar-refractivity contribution < 1.29 is 4.39 Å². The monoisotopic (exact) mass is 298 g/mol. The largest absolute Gasteiger partial charge is 0.382 e. The maximum atomic E-state index is 13.8. The molecular weight excluding hydrogens is 287 g/mol. The van der Waals surface area contributed by atoms with Gasteiger partial charge in [-0.1, -0.05) is 22.9 Å². The van der Waals surface area contributed by atoms with Gasteiger partial charge in [0, 0.05) is 16.5 Å². The van der Waals surface area contributed by atoms with E-state index in [0.29, 0.717) is 28.0 Å². The quantitative estimate of drug-likeness (QED) is 0.836. The summed E-state index contributed by atoms with van der Waals surface area (Å²) in [5.74, 6) is 6.24. The van der Waals surface area contributed by atoms with Crippen LogP contribution in [0.1, 0.15) is 12.7 Å². The second-order valence-corrected chi connectivity index (χ2v) is 4.53. The number of aromatic nitrogens is 2. The van der Waals surface area contributed by atoms with Crippen molar-refractivity contribution in [1.29, 1.82) is 0 Å². The molecule has 4 nitrogen and oxygen atoms in total. The van der Waals surface area contributed by atoms with Crippen LogP contribution in [-0.2, 0) is 6.42 Å². The highest BCUT2D eigenvalue weighted by Gasteiger charge is 2.16. The van der Waals surface area contributed by atoms with E-state index in [4.69, 9.17) is 11.6 Å². The Morgan fingerprint density at radius 2 is 2.18 bits per heavy atom. The van der Waals surface area contributed by atoms with E-state index in [0.717, 1.165) is 0 Å². The van der Waals surface area contributed by atoms with Gasteiger partial charge in [0.1, 0.15) is 17.3 Å². The summed E-state index contributed by atoms with van der Waals surface area (Å²) in [6, 6.07) is 4.73. The fraction of sp³-hybridized carbons (Fsp3) is 0.182. The summed E-state index contributed by atoms with van der Waals surface area (Å²) >= 11 is 3.20. The first-order valence-corrected chi connectivity index (χ1v) is 5.91. The Bertz CT molecular complexity index is 565. The summed E-state index contributed by atoms with van der Waals surface area (Å²) in [6.07, 6.45) is 0.638. The van der Waals surface area contributed by atoms with Crippen LogP contribution in [0.15, 0.2) is 22.7 Å². The van der Waals surface area contributed by atoms with Crippen LogP contribution in [0.5, 0.6) is 0 Å². The van der Waals surface area contributed by atoms with Crippen LogP contribution in [0.4, 0.5) is 10.2 Å². The van der Waals surface area contributed by atoms with Crippen molar-refractivity contribution in [3.63, 3.8) is 0 Å². The van der Waals surface area contributed by atoms with Crippen LogP contribution in [0.3, 0.4) is 0 Å². The lowest BCUT2D eigenvalue weighted by Crippen LogP contribution is -2.14. The Labute approximate surface area is 107 Å². The molecule has 0 unspecified atom stereocenters. The number of nitrogens with zero attached hydrogens (tertiary/aromatic N) is 2. The third kappa shape index (κ3) is 2.00. The molecule has 0 amide bonds. The second kappa shape index (κ2) is 4.37. The lowest BCUT2D eigenvalue weighted by Gasteiger charge is -2.02. The van der Waals surface area contributed by atoms with E-state index in [-0.39, 0.29) is 11.6 Å². The molecule has 0 fully saturated rings. The first-order valence-electron chi connectivity index (χ1n) is 5.12. The molecule has 0 spiro atoms.